The predicted octanol–water partition coefficient (Wildman–Crippen LogP) is 2.83. The van der Waals surface area contributed by atoms with Crippen LogP contribution in [0.15, 0.2) is 41.9 Å². The first-order valence-electron chi connectivity index (χ1n) is 7.55. The normalized spacial score (nSPS) is 15.1. The van der Waals surface area contributed by atoms with Crippen molar-refractivity contribution in [3.8, 4) is 0 Å². The van der Waals surface area contributed by atoms with Gasteiger partial charge < -0.3 is 19.9 Å². The highest BCUT2D eigenvalue weighted by atomic mass is 35.5. The first kappa shape index (κ1) is 20.1. The third kappa shape index (κ3) is 4.52. The van der Waals surface area contributed by atoms with Gasteiger partial charge in [0.05, 0.1) is 26.9 Å². The zero-order chi connectivity index (χ0) is 16.8. The molecule has 0 saturated heterocycles. The molecule has 0 aliphatic heterocycles. The molecule has 5 nitrogen and oxygen atoms in total. The van der Waals surface area contributed by atoms with Crippen molar-refractivity contribution in [2.75, 3.05) is 21.3 Å². The third-order valence-corrected chi connectivity index (χ3v) is 3.89. The Kier molecular flexibility index (Phi) is 7.82. The largest absolute Gasteiger partial charge is 0.500 e. The Labute approximate surface area is 148 Å². The van der Waals surface area contributed by atoms with E-state index in [1.165, 1.54) is 7.11 Å². The number of carbonyl (C=O) groups excluding carboxylic acids is 1. The Hall–Kier alpha value is -1.98. The van der Waals surface area contributed by atoms with E-state index in [2.05, 4.69) is 10.8 Å². The smallest absolute Gasteiger partial charge is 0.322 e. The van der Waals surface area contributed by atoms with Crippen molar-refractivity contribution in [3.63, 3.8) is 0 Å². The monoisotopic (exact) mass is 353 g/mol. The maximum absolute atomic E-state index is 11.4. The quantitative estimate of drug-likeness (QED) is 0.796. The minimum atomic E-state index is -0.649. The second-order valence-electron chi connectivity index (χ2n) is 5.34. The van der Waals surface area contributed by atoms with Crippen LogP contribution in [0.3, 0.4) is 0 Å². The molecule has 0 spiro atoms. The number of esters is 1. The Bertz CT molecular complexity index is 622. The molecule has 1 aliphatic rings. The van der Waals surface area contributed by atoms with Crippen molar-refractivity contribution < 1.29 is 19.0 Å². The summed E-state index contributed by atoms with van der Waals surface area (Å²) in [5, 5.41) is 0. The average Bonchev–Trinajstić information content (AvgIpc) is 2.60. The number of ether oxygens (including phenoxy) is 3. The van der Waals surface area contributed by atoms with Gasteiger partial charge in [-0.3, -0.25) is 4.79 Å². The fourth-order valence-electron chi connectivity index (χ4n) is 2.69. The summed E-state index contributed by atoms with van der Waals surface area (Å²) in [5.41, 5.74) is 8.77. The number of allylic oxidation sites excluding steroid dienone is 3. The second-order valence-corrected chi connectivity index (χ2v) is 5.34. The summed E-state index contributed by atoms with van der Waals surface area (Å²) in [4.78, 5) is 11.4. The Morgan fingerprint density at radius 1 is 1.17 bits per heavy atom. The molecule has 1 atom stereocenters. The summed E-state index contributed by atoms with van der Waals surface area (Å²) in [7, 11) is 4.68. The number of methoxy groups -OCH3 is 3. The number of nitrogens with two attached hydrogens (primary N) is 1. The van der Waals surface area contributed by atoms with E-state index in [9.17, 15) is 4.79 Å². The lowest BCUT2D eigenvalue weighted by Gasteiger charge is -2.20. The molecule has 2 rings (SSSR count). The number of halogens is 1. The molecule has 2 N–H and O–H groups in total. The van der Waals surface area contributed by atoms with Gasteiger partial charge in [-0.1, -0.05) is 24.3 Å². The van der Waals surface area contributed by atoms with Gasteiger partial charge in [0.15, 0.2) is 0 Å². The Morgan fingerprint density at radius 3 is 2.38 bits per heavy atom. The first-order valence-corrected chi connectivity index (χ1v) is 7.55. The van der Waals surface area contributed by atoms with E-state index in [1.807, 2.05) is 24.3 Å². The molecule has 0 saturated carbocycles. The zero-order valence-electron chi connectivity index (χ0n) is 14.2. The molecular weight excluding hydrogens is 330 g/mol. The summed E-state index contributed by atoms with van der Waals surface area (Å²) in [6.07, 6.45) is 4.27. The molecule has 0 bridgehead atoms. The topological polar surface area (TPSA) is 70.8 Å². The second kappa shape index (κ2) is 9.35. The Morgan fingerprint density at radius 2 is 1.83 bits per heavy atom. The molecule has 0 amide bonds. The van der Waals surface area contributed by atoms with E-state index in [4.69, 9.17) is 15.2 Å². The van der Waals surface area contributed by atoms with E-state index >= 15 is 0 Å². The van der Waals surface area contributed by atoms with Gasteiger partial charge in [-0.05, 0) is 30.0 Å². The summed E-state index contributed by atoms with van der Waals surface area (Å²) in [5.74, 6) is 1.34. The van der Waals surface area contributed by atoms with E-state index in [0.29, 0.717) is 6.42 Å². The molecule has 0 heterocycles. The van der Waals surface area contributed by atoms with Gasteiger partial charge in [0.25, 0.3) is 0 Å². The van der Waals surface area contributed by atoms with E-state index in [0.717, 1.165) is 41.1 Å². The molecule has 1 aliphatic carbocycles. The van der Waals surface area contributed by atoms with Crippen LogP contribution in [0.5, 0.6) is 0 Å². The minimum absolute atomic E-state index is 0. The standard InChI is InChI=1S/C18H23NO4.ClH/c1-21-15-5-4-6-16(22-2)17(15)13-9-7-12(8-10-13)11-14(19)18(20)23-3;/h5,7-10,14H,4,6,11,19H2,1-3H3;1H. The van der Waals surface area contributed by atoms with Crippen LogP contribution in [0, 0.1) is 0 Å². The molecule has 24 heavy (non-hydrogen) atoms. The van der Waals surface area contributed by atoms with Crippen molar-refractivity contribution >= 4 is 23.9 Å². The Balaban J connectivity index is 0.00000288. The van der Waals surface area contributed by atoms with Gasteiger partial charge in [-0.25, -0.2) is 0 Å². The van der Waals surface area contributed by atoms with Crippen LogP contribution in [0.25, 0.3) is 5.57 Å². The van der Waals surface area contributed by atoms with Crippen LogP contribution in [0.1, 0.15) is 24.0 Å². The summed E-state index contributed by atoms with van der Waals surface area (Å²) >= 11 is 0. The molecule has 0 fully saturated rings. The maximum atomic E-state index is 11.4. The minimum Gasteiger partial charge on any atom is -0.500 e. The molecule has 0 aromatic heterocycles. The number of rotatable bonds is 6. The molecular formula is C18H24ClNO4. The lowest BCUT2D eigenvalue weighted by Crippen LogP contribution is -2.33. The van der Waals surface area contributed by atoms with E-state index in [-0.39, 0.29) is 12.4 Å². The summed E-state index contributed by atoms with van der Waals surface area (Å²) < 4.78 is 15.6. The van der Waals surface area contributed by atoms with Gasteiger partial charge in [0, 0.05) is 6.42 Å². The molecule has 1 aromatic carbocycles. The average molecular weight is 354 g/mol. The van der Waals surface area contributed by atoms with Gasteiger partial charge >= 0.3 is 5.97 Å². The summed E-state index contributed by atoms with van der Waals surface area (Å²) in [6.45, 7) is 0. The van der Waals surface area contributed by atoms with Crippen LogP contribution in [-0.2, 0) is 25.4 Å². The van der Waals surface area contributed by atoms with Crippen LogP contribution < -0.4 is 5.73 Å². The third-order valence-electron chi connectivity index (χ3n) is 3.89. The molecule has 1 aromatic rings. The molecule has 1 unspecified atom stereocenters. The highest BCUT2D eigenvalue weighted by molar-refractivity contribution is 5.85. The van der Waals surface area contributed by atoms with Crippen LogP contribution in [0.4, 0.5) is 0 Å². The van der Waals surface area contributed by atoms with Gasteiger partial charge in [-0.15, -0.1) is 12.4 Å². The number of carbonyl (C=O) groups is 1. The lowest BCUT2D eigenvalue weighted by atomic mass is 9.94. The van der Waals surface area contributed by atoms with Gasteiger partial charge in [-0.2, -0.15) is 0 Å². The molecule has 132 valence electrons. The fraction of sp³-hybridized carbons (Fsp3) is 0.389. The predicted molar refractivity (Wildman–Crippen MR) is 95.6 cm³/mol. The van der Waals surface area contributed by atoms with Crippen molar-refractivity contribution in [1.82, 2.24) is 0 Å². The number of hydrogen-bond acceptors (Lipinski definition) is 5. The first-order chi connectivity index (χ1) is 11.1. The fourth-order valence-corrected chi connectivity index (χ4v) is 2.69. The van der Waals surface area contributed by atoms with Crippen LogP contribution >= 0.6 is 12.4 Å². The van der Waals surface area contributed by atoms with Crippen molar-refractivity contribution in [3.05, 3.63) is 53.0 Å². The van der Waals surface area contributed by atoms with Crippen molar-refractivity contribution in [2.24, 2.45) is 5.73 Å². The van der Waals surface area contributed by atoms with Gasteiger partial charge in [0.2, 0.25) is 0 Å². The lowest BCUT2D eigenvalue weighted by molar-refractivity contribution is -0.142. The molecule has 0 radical (unpaired) electrons. The number of benzene rings is 1. The van der Waals surface area contributed by atoms with E-state index < -0.39 is 12.0 Å². The SMILES string of the molecule is COC(=O)C(N)Cc1ccc(C2=C(OC)CCC=C2OC)cc1.Cl. The van der Waals surface area contributed by atoms with Crippen molar-refractivity contribution in [1.29, 1.82) is 0 Å². The van der Waals surface area contributed by atoms with Crippen LogP contribution in [0.2, 0.25) is 0 Å². The van der Waals surface area contributed by atoms with Crippen molar-refractivity contribution in [2.45, 2.75) is 25.3 Å². The molecule has 6 heteroatoms. The van der Waals surface area contributed by atoms with Crippen LogP contribution in [-0.4, -0.2) is 33.3 Å². The maximum Gasteiger partial charge on any atom is 0.322 e. The zero-order valence-corrected chi connectivity index (χ0v) is 15.0. The number of hydrogen-bond donors (Lipinski definition) is 1. The van der Waals surface area contributed by atoms with E-state index in [1.54, 1.807) is 14.2 Å². The van der Waals surface area contributed by atoms with Gasteiger partial charge in [0.1, 0.15) is 17.6 Å². The highest BCUT2D eigenvalue weighted by Gasteiger charge is 2.20. The highest BCUT2D eigenvalue weighted by Crippen LogP contribution is 2.34. The summed E-state index contributed by atoms with van der Waals surface area (Å²) in [6, 6.07) is 7.25.